The summed E-state index contributed by atoms with van der Waals surface area (Å²) in [7, 11) is 0. The number of carbonyl (C=O) groups excluding carboxylic acids is 5. The molecule has 2 saturated heterocycles. The van der Waals surface area contributed by atoms with Crippen LogP contribution in [0.25, 0.3) is 0 Å². The second-order valence-electron chi connectivity index (χ2n) is 11.4. The topological polar surface area (TPSA) is 97.4 Å². The minimum atomic E-state index is -0.579. The molecule has 4 atom stereocenters. The van der Waals surface area contributed by atoms with E-state index in [-0.39, 0.29) is 49.8 Å². The van der Waals surface area contributed by atoms with E-state index in [0.717, 1.165) is 12.8 Å². The van der Waals surface area contributed by atoms with Crippen LogP contribution in [-0.2, 0) is 14.4 Å². The second kappa shape index (κ2) is 12.6. The summed E-state index contributed by atoms with van der Waals surface area (Å²) in [5.74, 6) is -0.0175. The Balaban J connectivity index is 1.27. The summed E-state index contributed by atoms with van der Waals surface area (Å²) in [6.07, 6.45) is 7.28. The number of thioether (sulfide) groups is 1. The van der Waals surface area contributed by atoms with Gasteiger partial charge in [0, 0.05) is 30.4 Å². The number of Topliss-reactive ketones (excluding diaryl/α,β-unsaturated/α-hetero) is 2. The van der Waals surface area contributed by atoms with Gasteiger partial charge in [0.2, 0.25) is 5.91 Å². The average molecular weight is 594 g/mol. The fourth-order valence-electron chi connectivity index (χ4n) is 5.92. The lowest BCUT2D eigenvalue weighted by Gasteiger charge is -2.48. The molecule has 41 heavy (non-hydrogen) atoms. The number of imide groups is 1. The largest absolute Gasteiger partial charge is 0.351 e. The summed E-state index contributed by atoms with van der Waals surface area (Å²) in [5, 5.41) is 2.63. The van der Waals surface area contributed by atoms with Crippen LogP contribution in [0.1, 0.15) is 84.9 Å². The van der Waals surface area contributed by atoms with E-state index in [4.69, 9.17) is 0 Å². The van der Waals surface area contributed by atoms with Crippen LogP contribution in [-0.4, -0.2) is 56.1 Å². The summed E-state index contributed by atoms with van der Waals surface area (Å²) < 4.78 is -0.253. The van der Waals surface area contributed by atoms with Gasteiger partial charge in [0.1, 0.15) is 6.42 Å². The maximum atomic E-state index is 14.3. The maximum absolute atomic E-state index is 14.3. The van der Waals surface area contributed by atoms with Gasteiger partial charge in [0.25, 0.3) is 0 Å². The fourth-order valence-corrected chi connectivity index (χ4v) is 8.85. The lowest BCUT2D eigenvalue weighted by molar-refractivity contribution is -0.686. The Morgan fingerprint density at radius 2 is 1.46 bits per heavy atom. The molecule has 1 saturated carbocycles. The standard InChI is InChI=1S/C32H36N2O5S2/c1-40-30-21-29(38)34(30,31(39)32(18-19-32)17-9-15-26(36)23-12-6-3-7-13-23)41-27(24-20-28(37)33-24)16-8-14-25(35)22-10-4-2-5-11-22/h2-7,10-13,24,27,30H,8-9,14-21H2,1H3/p+1. The molecule has 2 aliphatic heterocycles. The first kappa shape index (κ1) is 29.7. The quantitative estimate of drug-likeness (QED) is 0.0925. The third-order valence-corrected chi connectivity index (χ3v) is 11.6. The molecule has 2 aromatic carbocycles. The van der Waals surface area contributed by atoms with E-state index in [1.807, 2.05) is 66.9 Å². The van der Waals surface area contributed by atoms with Crippen molar-refractivity contribution < 1.29 is 27.9 Å². The van der Waals surface area contributed by atoms with Crippen molar-refractivity contribution in [1.29, 1.82) is 0 Å². The van der Waals surface area contributed by atoms with Gasteiger partial charge in [-0.2, -0.15) is 0 Å². The van der Waals surface area contributed by atoms with E-state index >= 15 is 0 Å². The van der Waals surface area contributed by atoms with Crippen molar-refractivity contribution in [1.82, 2.24) is 5.32 Å². The molecule has 1 aliphatic carbocycles. The molecule has 4 unspecified atom stereocenters. The summed E-state index contributed by atoms with van der Waals surface area (Å²) in [6.45, 7) is 0. The number of hydrogen-bond acceptors (Lipinski definition) is 7. The van der Waals surface area contributed by atoms with Crippen LogP contribution in [0.5, 0.6) is 0 Å². The van der Waals surface area contributed by atoms with Gasteiger partial charge in [-0.1, -0.05) is 72.4 Å². The summed E-state index contributed by atoms with van der Waals surface area (Å²) in [6, 6.07) is 18.3. The number of ketones is 2. The van der Waals surface area contributed by atoms with Gasteiger partial charge < -0.3 is 5.32 Å². The van der Waals surface area contributed by atoms with Crippen LogP contribution >= 0.6 is 23.7 Å². The lowest BCUT2D eigenvalue weighted by Crippen LogP contribution is -2.69. The number of rotatable bonds is 15. The molecule has 0 aromatic heterocycles. The molecule has 0 bridgehead atoms. The minimum Gasteiger partial charge on any atom is -0.351 e. The van der Waals surface area contributed by atoms with E-state index < -0.39 is 5.41 Å². The van der Waals surface area contributed by atoms with Crippen molar-refractivity contribution in [2.75, 3.05) is 6.26 Å². The number of quaternary nitrogens is 1. The summed E-state index contributed by atoms with van der Waals surface area (Å²) in [5.41, 5.74) is 0.776. The second-order valence-corrected chi connectivity index (χ2v) is 13.8. The van der Waals surface area contributed by atoms with E-state index in [1.165, 1.54) is 11.9 Å². The van der Waals surface area contributed by atoms with Crippen molar-refractivity contribution in [3.63, 3.8) is 0 Å². The highest BCUT2D eigenvalue weighted by atomic mass is 32.2. The molecule has 0 spiro atoms. The van der Waals surface area contributed by atoms with Crippen LogP contribution in [0.2, 0.25) is 0 Å². The summed E-state index contributed by atoms with van der Waals surface area (Å²) in [4.78, 5) is 65.0. The van der Waals surface area contributed by atoms with Gasteiger partial charge >= 0.3 is 11.8 Å². The summed E-state index contributed by atoms with van der Waals surface area (Å²) >= 11 is 2.93. The monoisotopic (exact) mass is 593 g/mol. The SMILES string of the molecule is CSC1CC(=O)[N+]1(SC(CCCC(=O)c1ccccc1)C1CC(=O)N1)C(=O)C1(CCCC(=O)c2ccccc2)CC1. The predicted octanol–water partition coefficient (Wildman–Crippen LogP) is 5.74. The van der Waals surface area contributed by atoms with E-state index in [0.29, 0.717) is 62.5 Å². The first-order valence-corrected chi connectivity index (χ1v) is 16.6. The van der Waals surface area contributed by atoms with Gasteiger partial charge in [-0.05, 0) is 44.8 Å². The zero-order valence-electron chi connectivity index (χ0n) is 23.4. The fraction of sp³-hybridized carbons (Fsp3) is 0.469. The van der Waals surface area contributed by atoms with Gasteiger partial charge in [0.05, 0.1) is 28.7 Å². The highest BCUT2D eigenvalue weighted by molar-refractivity contribution is 8.00. The van der Waals surface area contributed by atoms with Gasteiger partial charge in [-0.15, -0.1) is 3.89 Å². The van der Waals surface area contributed by atoms with Gasteiger partial charge in [0.15, 0.2) is 16.9 Å². The van der Waals surface area contributed by atoms with E-state index in [9.17, 15) is 24.0 Å². The number of nitrogens with zero attached hydrogens (tertiary/aromatic N) is 1. The molecule has 9 heteroatoms. The van der Waals surface area contributed by atoms with E-state index in [2.05, 4.69) is 5.32 Å². The normalized spacial score (nSPS) is 24.9. The molecule has 216 valence electrons. The Morgan fingerprint density at radius 3 is 1.95 bits per heavy atom. The molecule has 2 heterocycles. The van der Waals surface area contributed by atoms with Crippen LogP contribution in [0.4, 0.5) is 0 Å². The molecule has 3 amide bonds. The molecule has 5 rings (SSSR count). The minimum absolute atomic E-state index is 0.0306. The van der Waals surface area contributed by atoms with Crippen molar-refractivity contribution in [2.45, 2.75) is 80.9 Å². The number of benzene rings is 2. The number of likely N-dealkylation sites (tertiary alicyclic amines) is 1. The van der Waals surface area contributed by atoms with Crippen molar-refractivity contribution >= 4 is 53.0 Å². The third kappa shape index (κ3) is 6.22. The molecular weight excluding hydrogens is 556 g/mol. The first-order valence-electron chi connectivity index (χ1n) is 14.4. The van der Waals surface area contributed by atoms with Crippen LogP contribution in [0.15, 0.2) is 60.7 Å². The molecule has 3 fully saturated rings. The van der Waals surface area contributed by atoms with Crippen LogP contribution < -0.4 is 5.32 Å². The maximum Gasteiger partial charge on any atom is 0.340 e. The highest BCUT2D eigenvalue weighted by Crippen LogP contribution is 2.59. The number of amides is 3. The van der Waals surface area contributed by atoms with Crippen molar-refractivity contribution in [3.05, 3.63) is 71.8 Å². The molecule has 2 aromatic rings. The zero-order valence-corrected chi connectivity index (χ0v) is 25.0. The Labute approximate surface area is 249 Å². The van der Waals surface area contributed by atoms with Gasteiger partial charge in [-0.3, -0.25) is 14.4 Å². The molecule has 7 nitrogen and oxygen atoms in total. The van der Waals surface area contributed by atoms with Crippen LogP contribution in [0, 0.1) is 5.41 Å². The average Bonchev–Trinajstić information content (AvgIpc) is 3.77. The lowest BCUT2D eigenvalue weighted by atomic mass is 9.93. The Kier molecular flexibility index (Phi) is 9.16. The van der Waals surface area contributed by atoms with E-state index in [1.54, 1.807) is 11.8 Å². The molecule has 3 aliphatic rings. The number of nitrogens with one attached hydrogen (secondary N) is 1. The van der Waals surface area contributed by atoms with Crippen molar-refractivity contribution in [3.8, 4) is 0 Å². The molecular formula is C32H37N2O5S2+. The Hall–Kier alpha value is -2.75. The molecule has 1 N–H and O–H groups in total. The third-order valence-electron chi connectivity index (χ3n) is 8.65. The smallest absolute Gasteiger partial charge is 0.340 e. The van der Waals surface area contributed by atoms with Crippen molar-refractivity contribution in [2.24, 2.45) is 5.41 Å². The Bertz CT molecular complexity index is 1310. The van der Waals surface area contributed by atoms with Crippen LogP contribution in [0.3, 0.4) is 0 Å². The Morgan fingerprint density at radius 1 is 0.902 bits per heavy atom. The van der Waals surface area contributed by atoms with Gasteiger partial charge in [-0.25, -0.2) is 9.59 Å². The predicted molar refractivity (Wildman–Crippen MR) is 161 cm³/mol. The highest BCUT2D eigenvalue weighted by Gasteiger charge is 2.71. The number of hydrogen-bond donors (Lipinski definition) is 1. The number of carbonyl (C=O) groups is 5. The molecule has 0 radical (unpaired) electrons. The zero-order chi connectivity index (χ0) is 29.0. The first-order chi connectivity index (χ1) is 19.8. The number of β-lactam (4-membered cyclic amide) rings is 2.